The average molecular weight is 227 g/mol. The van der Waals surface area contributed by atoms with Gasteiger partial charge in [0.05, 0.1) is 6.61 Å². The Kier molecular flexibility index (Phi) is 4.72. The van der Waals surface area contributed by atoms with Crippen LogP contribution in [0.3, 0.4) is 0 Å². The maximum absolute atomic E-state index is 12.9. The van der Waals surface area contributed by atoms with Crippen molar-refractivity contribution >= 4 is 6.09 Å². The Morgan fingerprint density at radius 1 is 1.56 bits per heavy atom. The third kappa shape index (κ3) is 3.86. The van der Waals surface area contributed by atoms with Crippen LogP contribution >= 0.6 is 0 Å². The van der Waals surface area contributed by atoms with Gasteiger partial charge in [-0.1, -0.05) is 12.1 Å². The molecule has 0 radical (unpaired) electrons. The zero-order valence-electron chi connectivity index (χ0n) is 9.02. The second kappa shape index (κ2) is 6.07. The van der Waals surface area contributed by atoms with Gasteiger partial charge in [0.25, 0.3) is 0 Å². The molecule has 1 aromatic carbocycles. The first-order chi connectivity index (χ1) is 7.63. The highest BCUT2D eigenvalue weighted by molar-refractivity contribution is 5.67. The molecular weight excluding hydrogens is 213 g/mol. The summed E-state index contributed by atoms with van der Waals surface area (Å²) in [5.74, 6) is -0.338. The molecule has 0 heterocycles. The Hall–Kier alpha value is -1.62. The van der Waals surface area contributed by atoms with Crippen molar-refractivity contribution in [1.82, 2.24) is 4.90 Å². The Balaban J connectivity index is 2.50. The van der Waals surface area contributed by atoms with Gasteiger partial charge >= 0.3 is 6.09 Å². The SMILES string of the molecule is CN(Cc1cccc(F)c1)C(=O)OCCO. The summed E-state index contributed by atoms with van der Waals surface area (Å²) in [7, 11) is 1.55. The number of ether oxygens (including phenoxy) is 1. The molecule has 0 atom stereocenters. The van der Waals surface area contributed by atoms with Gasteiger partial charge in [-0.3, -0.25) is 0 Å². The number of benzene rings is 1. The molecule has 0 unspecified atom stereocenters. The van der Waals surface area contributed by atoms with Crippen LogP contribution in [0, 0.1) is 5.82 Å². The minimum atomic E-state index is -0.543. The lowest BCUT2D eigenvalue weighted by Gasteiger charge is -2.16. The van der Waals surface area contributed by atoms with E-state index in [2.05, 4.69) is 0 Å². The van der Waals surface area contributed by atoms with Crippen molar-refractivity contribution in [2.45, 2.75) is 6.54 Å². The summed E-state index contributed by atoms with van der Waals surface area (Å²) in [4.78, 5) is 12.6. The van der Waals surface area contributed by atoms with Gasteiger partial charge in [0.1, 0.15) is 12.4 Å². The van der Waals surface area contributed by atoms with Crippen LogP contribution in [0.1, 0.15) is 5.56 Å². The van der Waals surface area contributed by atoms with Crippen molar-refractivity contribution in [3.63, 3.8) is 0 Å². The fourth-order valence-corrected chi connectivity index (χ4v) is 1.22. The summed E-state index contributed by atoms with van der Waals surface area (Å²) in [6.07, 6.45) is -0.543. The Bertz CT molecular complexity index is 357. The summed E-state index contributed by atoms with van der Waals surface area (Å²) in [6, 6.07) is 6.00. The summed E-state index contributed by atoms with van der Waals surface area (Å²) >= 11 is 0. The van der Waals surface area contributed by atoms with Crippen LogP contribution in [-0.2, 0) is 11.3 Å². The summed E-state index contributed by atoms with van der Waals surface area (Å²) in [5.41, 5.74) is 0.684. The van der Waals surface area contributed by atoms with E-state index >= 15 is 0 Å². The van der Waals surface area contributed by atoms with Crippen LogP contribution in [-0.4, -0.2) is 36.4 Å². The molecule has 0 fully saturated rings. The molecular formula is C11H14FNO3. The van der Waals surface area contributed by atoms with Gasteiger partial charge in [0, 0.05) is 13.6 Å². The number of carbonyl (C=O) groups is 1. The van der Waals surface area contributed by atoms with Crippen LogP contribution < -0.4 is 0 Å². The molecule has 1 N–H and O–H groups in total. The maximum atomic E-state index is 12.9. The van der Waals surface area contributed by atoms with Crippen molar-refractivity contribution in [1.29, 1.82) is 0 Å². The highest BCUT2D eigenvalue weighted by Gasteiger charge is 2.10. The molecule has 0 saturated carbocycles. The van der Waals surface area contributed by atoms with Gasteiger partial charge in [-0.2, -0.15) is 0 Å². The van der Waals surface area contributed by atoms with Crippen molar-refractivity contribution in [2.75, 3.05) is 20.3 Å². The number of hydrogen-bond acceptors (Lipinski definition) is 3. The topological polar surface area (TPSA) is 49.8 Å². The number of nitrogens with zero attached hydrogens (tertiary/aromatic N) is 1. The van der Waals surface area contributed by atoms with E-state index in [1.54, 1.807) is 19.2 Å². The molecule has 0 aliphatic carbocycles. The highest BCUT2D eigenvalue weighted by atomic mass is 19.1. The van der Waals surface area contributed by atoms with Crippen LogP contribution in [0.5, 0.6) is 0 Å². The average Bonchev–Trinajstić information content (AvgIpc) is 2.25. The molecule has 1 amide bonds. The van der Waals surface area contributed by atoms with Crippen molar-refractivity contribution in [3.05, 3.63) is 35.6 Å². The second-order valence-corrected chi connectivity index (χ2v) is 3.32. The standard InChI is InChI=1S/C11H14FNO3/c1-13(11(15)16-6-5-14)8-9-3-2-4-10(12)7-9/h2-4,7,14H,5-6,8H2,1H3. The van der Waals surface area contributed by atoms with Crippen molar-refractivity contribution in [2.24, 2.45) is 0 Å². The van der Waals surface area contributed by atoms with Crippen LogP contribution in [0.25, 0.3) is 0 Å². The molecule has 1 rings (SSSR count). The molecule has 0 saturated heterocycles. The van der Waals surface area contributed by atoms with E-state index in [-0.39, 0.29) is 25.6 Å². The van der Waals surface area contributed by atoms with Gasteiger partial charge in [0.2, 0.25) is 0 Å². The molecule has 0 aliphatic rings. The fourth-order valence-electron chi connectivity index (χ4n) is 1.22. The summed E-state index contributed by atoms with van der Waals surface area (Å²) < 4.78 is 17.6. The molecule has 0 bridgehead atoms. The molecule has 4 nitrogen and oxygen atoms in total. The predicted octanol–water partition coefficient (Wildman–Crippen LogP) is 1.39. The first kappa shape index (κ1) is 12.4. The van der Waals surface area contributed by atoms with Gasteiger partial charge in [0.15, 0.2) is 0 Å². The normalized spacial score (nSPS) is 9.94. The first-order valence-electron chi connectivity index (χ1n) is 4.86. The molecule has 1 aromatic rings. The van der Waals surface area contributed by atoms with Gasteiger partial charge in [-0.15, -0.1) is 0 Å². The Morgan fingerprint density at radius 3 is 2.94 bits per heavy atom. The monoisotopic (exact) mass is 227 g/mol. The van der Waals surface area contributed by atoms with Crippen molar-refractivity contribution in [3.8, 4) is 0 Å². The van der Waals surface area contributed by atoms with Gasteiger partial charge in [-0.05, 0) is 17.7 Å². The number of carbonyl (C=O) groups excluding carboxylic acids is 1. The smallest absolute Gasteiger partial charge is 0.409 e. The molecule has 88 valence electrons. The van der Waals surface area contributed by atoms with E-state index in [0.29, 0.717) is 5.56 Å². The quantitative estimate of drug-likeness (QED) is 0.845. The molecule has 5 heteroatoms. The third-order valence-electron chi connectivity index (χ3n) is 1.94. The number of hydrogen-bond donors (Lipinski definition) is 1. The highest BCUT2D eigenvalue weighted by Crippen LogP contribution is 2.06. The molecule has 0 aliphatic heterocycles. The van der Waals surface area contributed by atoms with E-state index in [0.717, 1.165) is 0 Å². The number of aliphatic hydroxyl groups is 1. The van der Waals surface area contributed by atoms with Gasteiger partial charge < -0.3 is 14.7 Å². The Morgan fingerprint density at radius 2 is 2.31 bits per heavy atom. The zero-order valence-corrected chi connectivity index (χ0v) is 9.02. The summed E-state index contributed by atoms with van der Waals surface area (Å²) in [6.45, 7) is 0.0217. The van der Waals surface area contributed by atoms with Crippen LogP contribution in [0.4, 0.5) is 9.18 Å². The third-order valence-corrected chi connectivity index (χ3v) is 1.94. The second-order valence-electron chi connectivity index (χ2n) is 3.32. The lowest BCUT2D eigenvalue weighted by Crippen LogP contribution is -2.27. The first-order valence-corrected chi connectivity index (χ1v) is 4.86. The number of rotatable bonds is 4. The van der Waals surface area contributed by atoms with Crippen molar-refractivity contribution < 1.29 is 19.0 Å². The van der Waals surface area contributed by atoms with E-state index in [4.69, 9.17) is 9.84 Å². The lowest BCUT2D eigenvalue weighted by molar-refractivity contribution is 0.0893. The number of amides is 1. The van der Waals surface area contributed by atoms with Crippen LogP contribution in [0.15, 0.2) is 24.3 Å². The minimum Gasteiger partial charge on any atom is -0.447 e. The maximum Gasteiger partial charge on any atom is 0.409 e. The predicted molar refractivity (Wildman–Crippen MR) is 56.3 cm³/mol. The molecule has 16 heavy (non-hydrogen) atoms. The fraction of sp³-hybridized carbons (Fsp3) is 0.364. The van der Waals surface area contributed by atoms with E-state index in [9.17, 15) is 9.18 Å². The van der Waals surface area contributed by atoms with E-state index in [1.807, 2.05) is 0 Å². The number of halogens is 1. The van der Waals surface area contributed by atoms with E-state index in [1.165, 1.54) is 17.0 Å². The minimum absolute atomic E-state index is 0.0354. The molecule has 0 spiro atoms. The zero-order chi connectivity index (χ0) is 12.0. The number of aliphatic hydroxyl groups excluding tert-OH is 1. The largest absolute Gasteiger partial charge is 0.447 e. The lowest BCUT2D eigenvalue weighted by atomic mass is 10.2. The van der Waals surface area contributed by atoms with Gasteiger partial charge in [-0.25, -0.2) is 9.18 Å². The molecule has 0 aromatic heterocycles. The van der Waals surface area contributed by atoms with E-state index < -0.39 is 6.09 Å². The van der Waals surface area contributed by atoms with Crippen LogP contribution in [0.2, 0.25) is 0 Å². The summed E-state index contributed by atoms with van der Waals surface area (Å²) in [5, 5.41) is 8.48. The Labute approximate surface area is 93.3 Å².